The number of likely N-dealkylation sites (N-methyl/N-ethyl adjacent to an activating group) is 1. The summed E-state index contributed by atoms with van der Waals surface area (Å²) in [5.74, 6) is 0.176. The highest BCUT2D eigenvalue weighted by Crippen LogP contribution is 2.31. The van der Waals surface area contributed by atoms with E-state index in [1.807, 2.05) is 18.0 Å². The van der Waals surface area contributed by atoms with E-state index in [1.165, 1.54) is 4.88 Å². The van der Waals surface area contributed by atoms with E-state index in [-0.39, 0.29) is 18.3 Å². The van der Waals surface area contributed by atoms with Crippen LogP contribution in [-0.4, -0.2) is 44.2 Å². The predicted octanol–water partition coefficient (Wildman–Crippen LogP) is 1.93. The van der Waals surface area contributed by atoms with Gasteiger partial charge in [0.25, 0.3) is 0 Å². The molecule has 1 saturated heterocycles. The molecule has 2 rings (SSSR count). The van der Waals surface area contributed by atoms with E-state index in [1.54, 1.807) is 11.3 Å². The molecule has 1 aliphatic heterocycles. The van der Waals surface area contributed by atoms with E-state index in [9.17, 15) is 4.79 Å². The van der Waals surface area contributed by atoms with Crippen molar-refractivity contribution in [1.82, 2.24) is 4.90 Å². The summed E-state index contributed by atoms with van der Waals surface area (Å²) in [6.07, 6.45) is 2.40. The van der Waals surface area contributed by atoms with Crippen LogP contribution in [0, 0.1) is 5.41 Å². The standard InChI is InChI=1S/C14H22N2O2S.ClH/c1-16(7-4-12-3-2-10-19-12)13(17)14(11-15)5-8-18-9-6-14;/h2-3,10H,4-9,11,15H2,1H3;1H. The van der Waals surface area contributed by atoms with Crippen LogP contribution in [0.4, 0.5) is 0 Å². The van der Waals surface area contributed by atoms with Crippen molar-refractivity contribution in [2.75, 3.05) is 33.4 Å². The highest BCUT2D eigenvalue weighted by molar-refractivity contribution is 7.09. The van der Waals surface area contributed by atoms with Gasteiger partial charge in [0.1, 0.15) is 0 Å². The van der Waals surface area contributed by atoms with Gasteiger partial charge in [-0.25, -0.2) is 0 Å². The van der Waals surface area contributed by atoms with Gasteiger partial charge in [0.15, 0.2) is 0 Å². The molecule has 0 unspecified atom stereocenters. The molecule has 2 N–H and O–H groups in total. The van der Waals surface area contributed by atoms with Crippen LogP contribution >= 0.6 is 23.7 Å². The average Bonchev–Trinajstić information content (AvgIpc) is 2.98. The summed E-state index contributed by atoms with van der Waals surface area (Å²) in [5, 5.41) is 2.07. The lowest BCUT2D eigenvalue weighted by atomic mass is 9.79. The summed E-state index contributed by atoms with van der Waals surface area (Å²) in [5.41, 5.74) is 5.47. The lowest BCUT2D eigenvalue weighted by Crippen LogP contribution is -2.50. The Hall–Kier alpha value is -0.620. The molecular weight excluding hydrogens is 296 g/mol. The summed E-state index contributed by atoms with van der Waals surface area (Å²) in [6, 6.07) is 4.15. The first-order valence-electron chi connectivity index (χ1n) is 6.74. The number of hydrogen-bond donors (Lipinski definition) is 1. The Bertz CT molecular complexity index is 405. The zero-order valence-corrected chi connectivity index (χ0v) is 13.5. The monoisotopic (exact) mass is 318 g/mol. The van der Waals surface area contributed by atoms with Crippen molar-refractivity contribution in [2.24, 2.45) is 11.1 Å². The zero-order chi connectivity index (χ0) is 13.7. The minimum Gasteiger partial charge on any atom is -0.381 e. The SMILES string of the molecule is CN(CCc1cccs1)C(=O)C1(CN)CCOCC1.Cl. The second kappa shape index (κ2) is 7.98. The number of nitrogens with two attached hydrogens (primary N) is 1. The Morgan fingerprint density at radius 2 is 2.20 bits per heavy atom. The van der Waals surface area contributed by atoms with Crippen LogP contribution in [-0.2, 0) is 16.0 Å². The fourth-order valence-electron chi connectivity index (χ4n) is 2.51. The number of rotatable bonds is 5. The third-order valence-electron chi connectivity index (χ3n) is 3.91. The smallest absolute Gasteiger partial charge is 0.229 e. The Labute approximate surface area is 130 Å². The molecule has 0 bridgehead atoms. The molecule has 2 heterocycles. The summed E-state index contributed by atoms with van der Waals surface area (Å²) >= 11 is 1.73. The number of amides is 1. The molecule has 0 radical (unpaired) electrons. The third-order valence-corrected chi connectivity index (χ3v) is 4.85. The van der Waals surface area contributed by atoms with Gasteiger partial charge in [-0.3, -0.25) is 4.79 Å². The fraction of sp³-hybridized carbons (Fsp3) is 0.643. The fourth-order valence-corrected chi connectivity index (χ4v) is 3.20. The van der Waals surface area contributed by atoms with E-state index in [0.717, 1.165) is 25.8 Å². The van der Waals surface area contributed by atoms with Gasteiger partial charge in [0, 0.05) is 38.2 Å². The van der Waals surface area contributed by atoms with Crippen molar-refractivity contribution in [3.8, 4) is 0 Å². The molecule has 114 valence electrons. The molecule has 1 aromatic heterocycles. The average molecular weight is 319 g/mol. The molecule has 1 aliphatic rings. The molecule has 1 fully saturated rings. The number of ether oxygens (including phenoxy) is 1. The van der Waals surface area contributed by atoms with Crippen LogP contribution in [0.3, 0.4) is 0 Å². The van der Waals surface area contributed by atoms with Gasteiger partial charge in [0.2, 0.25) is 5.91 Å². The lowest BCUT2D eigenvalue weighted by molar-refractivity contribution is -0.145. The third kappa shape index (κ3) is 3.95. The first kappa shape index (κ1) is 17.4. The minimum atomic E-state index is -0.400. The highest BCUT2D eigenvalue weighted by atomic mass is 35.5. The van der Waals surface area contributed by atoms with Crippen molar-refractivity contribution in [2.45, 2.75) is 19.3 Å². The van der Waals surface area contributed by atoms with Gasteiger partial charge in [-0.15, -0.1) is 23.7 Å². The topological polar surface area (TPSA) is 55.6 Å². The maximum absolute atomic E-state index is 12.6. The molecular formula is C14H23ClN2O2S. The van der Waals surface area contributed by atoms with Gasteiger partial charge in [-0.05, 0) is 30.7 Å². The second-order valence-electron chi connectivity index (χ2n) is 5.15. The van der Waals surface area contributed by atoms with Crippen LogP contribution in [0.5, 0.6) is 0 Å². The highest BCUT2D eigenvalue weighted by Gasteiger charge is 2.40. The number of carbonyl (C=O) groups is 1. The quantitative estimate of drug-likeness (QED) is 0.902. The van der Waals surface area contributed by atoms with Crippen molar-refractivity contribution in [3.05, 3.63) is 22.4 Å². The summed E-state index contributed by atoms with van der Waals surface area (Å²) < 4.78 is 5.35. The molecule has 1 aromatic rings. The van der Waals surface area contributed by atoms with E-state index in [4.69, 9.17) is 10.5 Å². The van der Waals surface area contributed by atoms with Gasteiger partial charge in [-0.2, -0.15) is 0 Å². The van der Waals surface area contributed by atoms with Crippen molar-refractivity contribution >= 4 is 29.7 Å². The van der Waals surface area contributed by atoms with Crippen LogP contribution < -0.4 is 5.73 Å². The van der Waals surface area contributed by atoms with Gasteiger partial charge in [0.05, 0.1) is 5.41 Å². The Kier molecular flexibility index (Phi) is 6.95. The molecule has 0 spiro atoms. The maximum Gasteiger partial charge on any atom is 0.229 e. The summed E-state index contributed by atoms with van der Waals surface area (Å²) in [6.45, 7) is 2.45. The van der Waals surface area contributed by atoms with E-state index < -0.39 is 5.41 Å². The molecule has 0 aliphatic carbocycles. The Morgan fingerprint density at radius 3 is 2.75 bits per heavy atom. The van der Waals surface area contributed by atoms with Crippen LogP contribution in [0.2, 0.25) is 0 Å². The van der Waals surface area contributed by atoms with E-state index >= 15 is 0 Å². The molecule has 0 aromatic carbocycles. The Morgan fingerprint density at radius 1 is 1.50 bits per heavy atom. The summed E-state index contributed by atoms with van der Waals surface area (Å²) in [7, 11) is 1.88. The van der Waals surface area contributed by atoms with Gasteiger partial charge >= 0.3 is 0 Å². The molecule has 20 heavy (non-hydrogen) atoms. The molecule has 0 atom stereocenters. The molecule has 4 nitrogen and oxygen atoms in total. The Balaban J connectivity index is 0.00000200. The number of carbonyl (C=O) groups excluding carboxylic acids is 1. The van der Waals surface area contributed by atoms with Crippen LogP contribution in [0.25, 0.3) is 0 Å². The molecule has 1 amide bonds. The normalized spacial score (nSPS) is 17.3. The van der Waals surface area contributed by atoms with Crippen molar-refractivity contribution in [1.29, 1.82) is 0 Å². The molecule has 0 saturated carbocycles. The van der Waals surface area contributed by atoms with E-state index in [2.05, 4.69) is 11.4 Å². The maximum atomic E-state index is 12.6. The van der Waals surface area contributed by atoms with Gasteiger partial charge < -0.3 is 15.4 Å². The van der Waals surface area contributed by atoms with Crippen molar-refractivity contribution < 1.29 is 9.53 Å². The first-order valence-corrected chi connectivity index (χ1v) is 7.62. The first-order chi connectivity index (χ1) is 9.18. The molecule has 6 heteroatoms. The van der Waals surface area contributed by atoms with E-state index in [0.29, 0.717) is 19.8 Å². The second-order valence-corrected chi connectivity index (χ2v) is 6.19. The van der Waals surface area contributed by atoms with Crippen LogP contribution in [0.1, 0.15) is 17.7 Å². The van der Waals surface area contributed by atoms with Crippen molar-refractivity contribution in [3.63, 3.8) is 0 Å². The van der Waals surface area contributed by atoms with Crippen LogP contribution in [0.15, 0.2) is 17.5 Å². The largest absolute Gasteiger partial charge is 0.381 e. The number of nitrogens with zero attached hydrogens (tertiary/aromatic N) is 1. The predicted molar refractivity (Wildman–Crippen MR) is 84.4 cm³/mol. The number of thiophene rings is 1. The van der Waals surface area contributed by atoms with Gasteiger partial charge in [-0.1, -0.05) is 6.07 Å². The number of halogens is 1. The minimum absolute atomic E-state index is 0. The number of hydrogen-bond acceptors (Lipinski definition) is 4. The lowest BCUT2D eigenvalue weighted by Gasteiger charge is -2.37. The zero-order valence-electron chi connectivity index (χ0n) is 11.8. The summed E-state index contributed by atoms with van der Waals surface area (Å²) in [4.78, 5) is 15.7.